The van der Waals surface area contributed by atoms with Gasteiger partial charge in [0.15, 0.2) is 11.6 Å². The minimum atomic E-state index is -3.90. The number of ether oxygens (including phenoxy) is 1. The van der Waals surface area contributed by atoms with Crippen LogP contribution in [0, 0.1) is 22.6 Å². The van der Waals surface area contributed by atoms with Crippen molar-refractivity contribution in [2.75, 3.05) is 17.8 Å². The summed E-state index contributed by atoms with van der Waals surface area (Å²) in [5.41, 5.74) is -0.0109. The summed E-state index contributed by atoms with van der Waals surface area (Å²) < 4.78 is 51.4. The summed E-state index contributed by atoms with van der Waals surface area (Å²) in [6, 6.07) is 8.80. The van der Waals surface area contributed by atoms with E-state index in [9.17, 15) is 22.9 Å². The van der Waals surface area contributed by atoms with Gasteiger partial charge in [0.25, 0.3) is 5.56 Å². The molecule has 3 aliphatic rings. The third-order valence-corrected chi connectivity index (χ3v) is 8.57. The van der Waals surface area contributed by atoms with Crippen molar-refractivity contribution in [1.29, 1.82) is 5.26 Å². The Balaban J connectivity index is 1.31. The number of hydrogen-bond acceptors (Lipinski definition) is 6. The van der Waals surface area contributed by atoms with E-state index in [1.165, 1.54) is 28.8 Å². The second kappa shape index (κ2) is 7.76. The van der Waals surface area contributed by atoms with E-state index < -0.39 is 21.8 Å². The van der Waals surface area contributed by atoms with Gasteiger partial charge in [0.1, 0.15) is 17.4 Å². The standard InChI is InChI=1S/C24H22FN5O4S/c25-19-5-7-21(28-35(32,33)29-12-24(13-29)8-1-9-24)18(11-26)22(19)34-16-4-6-20-17(10-16)23(31)30(14-27-20)15-2-3-15/h4-7,10,14-15,28H,1-3,8-9,12-13H2. The van der Waals surface area contributed by atoms with Crippen molar-refractivity contribution in [2.24, 2.45) is 5.41 Å². The van der Waals surface area contributed by atoms with Crippen LogP contribution in [0.1, 0.15) is 43.7 Å². The van der Waals surface area contributed by atoms with Gasteiger partial charge in [0, 0.05) is 19.1 Å². The van der Waals surface area contributed by atoms with Gasteiger partial charge >= 0.3 is 10.2 Å². The Hall–Kier alpha value is -3.49. The molecule has 1 aliphatic heterocycles. The van der Waals surface area contributed by atoms with Crippen LogP contribution in [-0.4, -0.2) is 35.4 Å². The van der Waals surface area contributed by atoms with E-state index >= 15 is 0 Å². The predicted octanol–water partition coefficient (Wildman–Crippen LogP) is 3.68. The molecule has 1 N–H and O–H groups in total. The fraction of sp³-hybridized carbons (Fsp3) is 0.375. The molecule has 180 valence electrons. The average molecular weight is 496 g/mol. The Morgan fingerprint density at radius 1 is 1.20 bits per heavy atom. The summed E-state index contributed by atoms with van der Waals surface area (Å²) >= 11 is 0. The molecule has 35 heavy (non-hydrogen) atoms. The molecule has 3 fully saturated rings. The number of nitrogens with one attached hydrogen (secondary N) is 1. The molecule has 9 nitrogen and oxygen atoms in total. The van der Waals surface area contributed by atoms with Gasteiger partial charge in [0.05, 0.1) is 22.9 Å². The lowest BCUT2D eigenvalue weighted by atomic mass is 9.65. The maximum Gasteiger partial charge on any atom is 0.301 e. The SMILES string of the molecule is N#Cc1c(NS(=O)(=O)N2CC3(CCC3)C2)ccc(F)c1Oc1ccc2ncn(C3CC3)c(=O)c2c1. The highest BCUT2D eigenvalue weighted by Gasteiger charge is 2.51. The second-order valence-corrected chi connectivity index (χ2v) is 11.3. The number of hydrogen-bond donors (Lipinski definition) is 1. The van der Waals surface area contributed by atoms with Crippen molar-refractivity contribution < 1.29 is 17.5 Å². The summed E-state index contributed by atoms with van der Waals surface area (Å²) in [7, 11) is -3.90. The number of benzene rings is 2. The lowest BCUT2D eigenvalue weighted by Gasteiger charge is -2.54. The topological polar surface area (TPSA) is 117 Å². The first-order valence-electron chi connectivity index (χ1n) is 11.5. The molecule has 2 saturated carbocycles. The highest BCUT2D eigenvalue weighted by atomic mass is 32.2. The van der Waals surface area contributed by atoms with Crippen molar-refractivity contribution >= 4 is 26.8 Å². The summed E-state index contributed by atoms with van der Waals surface area (Å²) in [5.74, 6) is -1.11. The molecule has 2 heterocycles. The molecule has 1 spiro atoms. The van der Waals surface area contributed by atoms with Crippen LogP contribution in [-0.2, 0) is 10.2 Å². The first-order chi connectivity index (χ1) is 16.8. The molecule has 6 rings (SSSR count). The van der Waals surface area contributed by atoms with E-state index in [0.717, 1.165) is 38.2 Å². The summed E-state index contributed by atoms with van der Waals surface area (Å²) in [6.45, 7) is 0.885. The van der Waals surface area contributed by atoms with E-state index in [-0.39, 0.29) is 34.0 Å². The molecule has 3 aromatic rings. The normalized spacial score (nSPS) is 19.1. The van der Waals surface area contributed by atoms with Crippen LogP contribution >= 0.6 is 0 Å². The first kappa shape index (κ1) is 22.0. The van der Waals surface area contributed by atoms with Gasteiger partial charge in [-0.15, -0.1) is 0 Å². The first-order valence-corrected chi connectivity index (χ1v) is 12.9. The van der Waals surface area contributed by atoms with Crippen molar-refractivity contribution in [3.8, 4) is 17.6 Å². The number of aromatic nitrogens is 2. The van der Waals surface area contributed by atoms with Gasteiger partial charge in [-0.05, 0) is 61.4 Å². The van der Waals surface area contributed by atoms with Crippen LogP contribution in [0.15, 0.2) is 41.5 Å². The van der Waals surface area contributed by atoms with Gasteiger partial charge in [-0.1, -0.05) is 6.42 Å². The maximum atomic E-state index is 14.8. The second-order valence-electron chi connectivity index (χ2n) is 9.61. The Labute approximate surface area is 200 Å². The van der Waals surface area contributed by atoms with Crippen LogP contribution in [0.2, 0.25) is 0 Å². The van der Waals surface area contributed by atoms with Crippen molar-refractivity contribution in [3.63, 3.8) is 0 Å². The Kier molecular flexibility index (Phi) is 4.88. The van der Waals surface area contributed by atoms with E-state index in [2.05, 4.69) is 9.71 Å². The molecule has 2 aliphatic carbocycles. The smallest absolute Gasteiger partial charge is 0.301 e. The molecule has 0 radical (unpaired) electrons. The molecule has 0 bridgehead atoms. The van der Waals surface area contributed by atoms with Gasteiger partial charge in [0.2, 0.25) is 0 Å². The minimum Gasteiger partial charge on any atom is -0.453 e. The summed E-state index contributed by atoms with van der Waals surface area (Å²) in [5, 5.41) is 10.1. The molecule has 0 unspecified atom stereocenters. The largest absolute Gasteiger partial charge is 0.453 e. The Morgan fingerprint density at radius 3 is 2.63 bits per heavy atom. The van der Waals surface area contributed by atoms with E-state index in [1.54, 1.807) is 10.6 Å². The van der Waals surface area contributed by atoms with Crippen molar-refractivity contribution in [3.05, 3.63) is 58.4 Å². The van der Waals surface area contributed by atoms with Gasteiger partial charge in [-0.25, -0.2) is 9.37 Å². The van der Waals surface area contributed by atoms with Gasteiger partial charge < -0.3 is 4.74 Å². The lowest BCUT2D eigenvalue weighted by Crippen LogP contribution is -2.62. The molecule has 2 aromatic carbocycles. The maximum absolute atomic E-state index is 14.8. The van der Waals surface area contributed by atoms with Crippen molar-refractivity contribution in [1.82, 2.24) is 13.9 Å². The number of rotatable bonds is 6. The van der Waals surface area contributed by atoms with E-state index in [4.69, 9.17) is 4.74 Å². The molecule has 0 amide bonds. The van der Waals surface area contributed by atoms with Gasteiger partial charge in [-0.3, -0.25) is 14.1 Å². The zero-order chi connectivity index (χ0) is 24.4. The molecular weight excluding hydrogens is 473 g/mol. The number of nitriles is 1. The van der Waals surface area contributed by atoms with E-state index in [0.29, 0.717) is 24.0 Å². The molecule has 1 aromatic heterocycles. The lowest BCUT2D eigenvalue weighted by molar-refractivity contribution is -0.00752. The molecular formula is C24H22FN5O4S. The number of anilines is 1. The van der Waals surface area contributed by atoms with Gasteiger partial charge in [-0.2, -0.15) is 18.0 Å². The molecule has 11 heteroatoms. The average Bonchev–Trinajstić information content (AvgIpc) is 3.60. The fourth-order valence-corrected chi connectivity index (χ4v) is 6.30. The summed E-state index contributed by atoms with van der Waals surface area (Å²) in [4.78, 5) is 17.2. The number of nitrogens with zero attached hydrogens (tertiary/aromatic N) is 4. The zero-order valence-corrected chi connectivity index (χ0v) is 19.5. The van der Waals surface area contributed by atoms with Crippen LogP contribution in [0.4, 0.5) is 10.1 Å². The quantitative estimate of drug-likeness (QED) is 0.558. The van der Waals surface area contributed by atoms with Crippen LogP contribution in [0.5, 0.6) is 11.5 Å². The third kappa shape index (κ3) is 3.73. The minimum absolute atomic E-state index is 0.0722. The molecule has 1 saturated heterocycles. The fourth-order valence-electron chi connectivity index (χ4n) is 4.83. The zero-order valence-electron chi connectivity index (χ0n) is 18.7. The Morgan fingerprint density at radius 2 is 1.97 bits per heavy atom. The number of halogens is 1. The number of fused-ring (bicyclic) bond motifs is 1. The Bertz CT molecular complexity index is 1560. The monoisotopic (exact) mass is 495 g/mol. The third-order valence-electron chi connectivity index (χ3n) is 7.15. The molecule has 0 atom stereocenters. The van der Waals surface area contributed by atoms with Crippen LogP contribution in [0.3, 0.4) is 0 Å². The van der Waals surface area contributed by atoms with Crippen LogP contribution in [0.25, 0.3) is 10.9 Å². The predicted molar refractivity (Wildman–Crippen MR) is 126 cm³/mol. The highest BCUT2D eigenvalue weighted by molar-refractivity contribution is 7.90. The summed E-state index contributed by atoms with van der Waals surface area (Å²) in [6.07, 6.45) is 6.50. The van der Waals surface area contributed by atoms with Crippen molar-refractivity contribution in [2.45, 2.75) is 38.1 Å². The van der Waals surface area contributed by atoms with E-state index in [1.807, 2.05) is 6.07 Å². The van der Waals surface area contributed by atoms with Crippen LogP contribution < -0.4 is 15.0 Å². The highest BCUT2D eigenvalue weighted by Crippen LogP contribution is 2.49.